The third-order valence-corrected chi connectivity index (χ3v) is 0.999. The lowest BCUT2D eigenvalue weighted by Gasteiger charge is -2.16. The van der Waals surface area contributed by atoms with Crippen LogP contribution in [0.5, 0.6) is 0 Å². The van der Waals surface area contributed by atoms with Gasteiger partial charge in [-0.25, -0.2) is 5.43 Å². The minimum atomic E-state index is -4.29. The lowest BCUT2D eigenvalue weighted by Crippen LogP contribution is -2.45. The highest BCUT2D eigenvalue weighted by Crippen LogP contribution is 2.21. The van der Waals surface area contributed by atoms with Crippen molar-refractivity contribution in [2.24, 2.45) is 5.84 Å². The van der Waals surface area contributed by atoms with Gasteiger partial charge in [-0.3, -0.25) is 5.84 Å². The van der Waals surface area contributed by atoms with Gasteiger partial charge in [-0.15, -0.1) is 6.58 Å². The fourth-order valence-corrected chi connectivity index (χ4v) is 0.463. The average molecular weight is 154 g/mol. The lowest BCUT2D eigenvalue weighted by molar-refractivity contribution is -0.155. The number of hydrogen-bond donors (Lipinski definition) is 2. The van der Waals surface area contributed by atoms with E-state index >= 15 is 0 Å². The predicted molar refractivity (Wildman–Crippen MR) is 32.0 cm³/mol. The molecule has 0 fully saturated rings. The van der Waals surface area contributed by atoms with Gasteiger partial charge >= 0.3 is 6.18 Å². The highest BCUT2D eigenvalue weighted by Gasteiger charge is 2.37. The zero-order chi connectivity index (χ0) is 8.20. The van der Waals surface area contributed by atoms with E-state index < -0.39 is 12.2 Å². The summed E-state index contributed by atoms with van der Waals surface area (Å²) in [7, 11) is 0. The van der Waals surface area contributed by atoms with Crippen molar-refractivity contribution in [1.29, 1.82) is 0 Å². The Labute approximate surface area is 56.9 Å². The lowest BCUT2D eigenvalue weighted by atomic mass is 10.2. The third-order valence-electron chi connectivity index (χ3n) is 0.999. The van der Waals surface area contributed by atoms with Crippen LogP contribution >= 0.6 is 0 Å². The molecule has 0 radical (unpaired) electrons. The van der Waals surface area contributed by atoms with E-state index in [0.717, 1.165) is 6.08 Å². The van der Waals surface area contributed by atoms with Crippen molar-refractivity contribution < 1.29 is 13.2 Å². The molecule has 0 aromatic carbocycles. The van der Waals surface area contributed by atoms with Gasteiger partial charge in [-0.2, -0.15) is 13.2 Å². The van der Waals surface area contributed by atoms with E-state index in [9.17, 15) is 13.2 Å². The zero-order valence-corrected chi connectivity index (χ0v) is 5.28. The number of alkyl halides is 3. The van der Waals surface area contributed by atoms with Crippen LogP contribution in [-0.4, -0.2) is 12.2 Å². The van der Waals surface area contributed by atoms with Crippen LogP contribution in [0.4, 0.5) is 13.2 Å². The van der Waals surface area contributed by atoms with Crippen molar-refractivity contribution >= 4 is 0 Å². The Balaban J connectivity index is 3.92. The molecule has 10 heavy (non-hydrogen) atoms. The molecule has 5 heteroatoms. The minimum Gasteiger partial charge on any atom is -0.271 e. The van der Waals surface area contributed by atoms with Gasteiger partial charge in [0, 0.05) is 0 Å². The van der Waals surface area contributed by atoms with Crippen LogP contribution in [0.1, 0.15) is 6.42 Å². The topological polar surface area (TPSA) is 38.0 Å². The average Bonchev–Trinajstić information content (AvgIpc) is 1.80. The Bertz CT molecular complexity index is 110. The molecule has 2 nitrogen and oxygen atoms in total. The van der Waals surface area contributed by atoms with Gasteiger partial charge in [-0.1, -0.05) is 6.08 Å². The van der Waals surface area contributed by atoms with E-state index in [-0.39, 0.29) is 6.42 Å². The first-order valence-electron chi connectivity index (χ1n) is 2.66. The molecule has 0 heterocycles. The van der Waals surface area contributed by atoms with Crippen LogP contribution in [0, 0.1) is 0 Å². The van der Waals surface area contributed by atoms with Crippen molar-refractivity contribution in [2.45, 2.75) is 18.6 Å². The van der Waals surface area contributed by atoms with Gasteiger partial charge in [0.1, 0.15) is 6.04 Å². The molecule has 1 unspecified atom stereocenters. The first kappa shape index (κ1) is 9.45. The molecule has 0 saturated carbocycles. The second-order valence-electron chi connectivity index (χ2n) is 1.79. The standard InChI is InChI=1S/C5H9F3N2/c1-2-3-4(10-9)5(6,7)8/h2,4,10H,1,3,9H2. The van der Waals surface area contributed by atoms with Crippen LogP contribution in [0.3, 0.4) is 0 Å². The van der Waals surface area contributed by atoms with E-state index in [2.05, 4.69) is 12.4 Å². The predicted octanol–water partition coefficient (Wildman–Crippen LogP) is 0.957. The van der Waals surface area contributed by atoms with Gasteiger partial charge < -0.3 is 0 Å². The van der Waals surface area contributed by atoms with E-state index in [0.29, 0.717) is 0 Å². The molecule has 0 saturated heterocycles. The second kappa shape index (κ2) is 3.58. The minimum absolute atomic E-state index is 0.208. The normalized spacial score (nSPS) is 14.8. The van der Waals surface area contributed by atoms with Crippen LogP contribution in [0.2, 0.25) is 0 Å². The van der Waals surface area contributed by atoms with Crippen molar-refractivity contribution in [3.8, 4) is 0 Å². The molecule has 0 amide bonds. The van der Waals surface area contributed by atoms with Gasteiger partial charge in [0.15, 0.2) is 0 Å². The summed E-state index contributed by atoms with van der Waals surface area (Å²) in [5.41, 5.74) is 1.65. The van der Waals surface area contributed by atoms with Gasteiger partial charge in [-0.05, 0) is 6.42 Å². The van der Waals surface area contributed by atoms with E-state index in [1.807, 2.05) is 0 Å². The number of nitrogens with two attached hydrogens (primary N) is 1. The molecular weight excluding hydrogens is 145 g/mol. The maximum atomic E-state index is 11.7. The number of nitrogens with one attached hydrogen (secondary N) is 1. The van der Waals surface area contributed by atoms with Gasteiger partial charge in [0.05, 0.1) is 0 Å². The van der Waals surface area contributed by atoms with Gasteiger partial charge in [0.2, 0.25) is 0 Å². The fourth-order valence-electron chi connectivity index (χ4n) is 0.463. The quantitative estimate of drug-likeness (QED) is 0.361. The molecule has 1 atom stereocenters. The SMILES string of the molecule is C=CCC(NN)C(F)(F)F. The van der Waals surface area contributed by atoms with Crippen LogP contribution in [0.25, 0.3) is 0 Å². The molecule has 0 aliphatic rings. The second-order valence-corrected chi connectivity index (χ2v) is 1.79. The van der Waals surface area contributed by atoms with Gasteiger partial charge in [0.25, 0.3) is 0 Å². The summed E-state index contributed by atoms with van der Waals surface area (Å²) in [6, 6.07) is -1.68. The maximum absolute atomic E-state index is 11.7. The molecule has 3 N–H and O–H groups in total. The molecule has 0 spiro atoms. The largest absolute Gasteiger partial charge is 0.405 e. The monoisotopic (exact) mass is 154 g/mol. The summed E-state index contributed by atoms with van der Waals surface area (Å²) >= 11 is 0. The molecule has 60 valence electrons. The molecule has 0 aliphatic carbocycles. The Kier molecular flexibility index (Phi) is 3.38. The fraction of sp³-hybridized carbons (Fsp3) is 0.600. The smallest absolute Gasteiger partial charge is 0.271 e. The Morgan fingerprint density at radius 2 is 2.10 bits per heavy atom. The summed E-state index contributed by atoms with van der Waals surface area (Å²) in [4.78, 5) is 0. The van der Waals surface area contributed by atoms with E-state index in [1.165, 1.54) is 0 Å². The van der Waals surface area contributed by atoms with Crippen molar-refractivity contribution in [3.63, 3.8) is 0 Å². The zero-order valence-electron chi connectivity index (χ0n) is 5.28. The van der Waals surface area contributed by atoms with Crippen LogP contribution < -0.4 is 11.3 Å². The summed E-state index contributed by atoms with van der Waals surface area (Å²) < 4.78 is 35.2. The van der Waals surface area contributed by atoms with Crippen LogP contribution in [-0.2, 0) is 0 Å². The molecule has 0 aromatic heterocycles. The molecular formula is C5H9F3N2. The third kappa shape index (κ3) is 2.84. The Hall–Kier alpha value is -0.550. The molecule has 0 aliphatic heterocycles. The van der Waals surface area contributed by atoms with Crippen molar-refractivity contribution in [1.82, 2.24) is 5.43 Å². The summed E-state index contributed by atoms with van der Waals surface area (Å²) in [5, 5.41) is 0. The molecule has 0 rings (SSSR count). The van der Waals surface area contributed by atoms with E-state index in [4.69, 9.17) is 0 Å². The molecule has 0 bridgehead atoms. The molecule has 0 aromatic rings. The van der Waals surface area contributed by atoms with Crippen molar-refractivity contribution in [2.75, 3.05) is 0 Å². The number of rotatable bonds is 3. The summed E-state index contributed by atoms with van der Waals surface area (Å²) in [5.74, 6) is 4.63. The highest BCUT2D eigenvalue weighted by atomic mass is 19.4. The first-order chi connectivity index (χ1) is 4.52. The number of hydrogen-bond acceptors (Lipinski definition) is 2. The maximum Gasteiger partial charge on any atom is 0.405 e. The Morgan fingerprint density at radius 1 is 1.60 bits per heavy atom. The summed E-state index contributed by atoms with van der Waals surface area (Å²) in [6.07, 6.45) is -3.33. The Morgan fingerprint density at radius 3 is 2.20 bits per heavy atom. The number of hydrazine groups is 1. The first-order valence-corrected chi connectivity index (χ1v) is 2.66. The van der Waals surface area contributed by atoms with Crippen LogP contribution in [0.15, 0.2) is 12.7 Å². The van der Waals surface area contributed by atoms with Crippen molar-refractivity contribution in [3.05, 3.63) is 12.7 Å². The van der Waals surface area contributed by atoms with E-state index in [1.54, 1.807) is 5.43 Å². The summed E-state index contributed by atoms with van der Waals surface area (Å²) in [6.45, 7) is 3.17. The number of halogens is 3. The highest BCUT2D eigenvalue weighted by molar-refractivity contribution is 4.81.